The molecule has 0 unspecified atom stereocenters. The summed E-state index contributed by atoms with van der Waals surface area (Å²) in [6.45, 7) is 1.61. The average molecular weight is 413 g/mol. The van der Waals surface area contributed by atoms with Crippen molar-refractivity contribution in [2.75, 3.05) is 25.1 Å². The number of imide groups is 2. The Labute approximate surface area is 172 Å². The molecule has 30 heavy (non-hydrogen) atoms. The molecule has 3 rings (SSSR count). The number of likely N-dealkylation sites (N-methyl/N-ethyl adjacent to an activating group) is 1. The van der Waals surface area contributed by atoms with Gasteiger partial charge in [0.2, 0.25) is 5.91 Å². The van der Waals surface area contributed by atoms with E-state index in [9.17, 15) is 23.6 Å². The minimum atomic E-state index is -1.09. The number of para-hydroxylation sites is 2. The van der Waals surface area contributed by atoms with Crippen molar-refractivity contribution in [3.63, 3.8) is 0 Å². The van der Waals surface area contributed by atoms with Crippen LogP contribution in [-0.2, 0) is 20.9 Å². The normalized spacial score (nSPS) is 13.8. The SMILES string of the molecule is CCOc1ccccc1N1C(=O)C(=O)N(CC(=O)N(C)Cc2ccc(F)cc2)C1=O. The highest BCUT2D eigenvalue weighted by Gasteiger charge is 2.47. The number of nitrogens with zero attached hydrogens (tertiary/aromatic N) is 3. The largest absolute Gasteiger partial charge is 0.492 e. The number of urea groups is 1. The van der Waals surface area contributed by atoms with Crippen LogP contribution in [0.4, 0.5) is 14.9 Å². The van der Waals surface area contributed by atoms with E-state index in [1.54, 1.807) is 25.1 Å². The van der Waals surface area contributed by atoms with E-state index in [-0.39, 0.29) is 18.0 Å². The molecule has 0 radical (unpaired) electrons. The average Bonchev–Trinajstić information content (AvgIpc) is 2.93. The maximum absolute atomic E-state index is 13.0. The third kappa shape index (κ3) is 4.14. The summed E-state index contributed by atoms with van der Waals surface area (Å²) in [7, 11) is 1.49. The second-order valence-electron chi connectivity index (χ2n) is 6.59. The number of carbonyl (C=O) groups excluding carboxylic acids is 4. The van der Waals surface area contributed by atoms with Crippen LogP contribution >= 0.6 is 0 Å². The first-order chi connectivity index (χ1) is 14.3. The number of amides is 5. The number of rotatable bonds is 7. The van der Waals surface area contributed by atoms with Crippen LogP contribution in [0.5, 0.6) is 5.75 Å². The Kier molecular flexibility index (Phi) is 6.10. The van der Waals surface area contributed by atoms with Crippen LogP contribution in [-0.4, -0.2) is 53.8 Å². The van der Waals surface area contributed by atoms with Crippen LogP contribution in [0.3, 0.4) is 0 Å². The molecular formula is C21H20FN3O5. The van der Waals surface area contributed by atoms with E-state index in [1.807, 2.05) is 0 Å². The van der Waals surface area contributed by atoms with Crippen molar-refractivity contribution in [3.05, 3.63) is 59.9 Å². The second-order valence-corrected chi connectivity index (χ2v) is 6.59. The molecule has 0 saturated carbocycles. The Hall–Kier alpha value is -3.75. The van der Waals surface area contributed by atoms with Gasteiger partial charge in [0.15, 0.2) is 0 Å². The maximum atomic E-state index is 13.0. The monoisotopic (exact) mass is 413 g/mol. The van der Waals surface area contributed by atoms with Gasteiger partial charge in [0.25, 0.3) is 0 Å². The zero-order valence-corrected chi connectivity index (χ0v) is 16.5. The summed E-state index contributed by atoms with van der Waals surface area (Å²) in [6, 6.07) is 11.0. The van der Waals surface area contributed by atoms with Gasteiger partial charge in [0.1, 0.15) is 18.1 Å². The number of carbonyl (C=O) groups is 4. The Morgan fingerprint density at radius 3 is 2.37 bits per heavy atom. The molecule has 1 heterocycles. The van der Waals surface area contributed by atoms with Crippen molar-refractivity contribution in [1.29, 1.82) is 0 Å². The fourth-order valence-electron chi connectivity index (χ4n) is 2.98. The van der Waals surface area contributed by atoms with E-state index in [4.69, 9.17) is 4.74 Å². The van der Waals surface area contributed by atoms with Gasteiger partial charge in [-0.15, -0.1) is 0 Å². The first-order valence-corrected chi connectivity index (χ1v) is 9.23. The maximum Gasteiger partial charge on any atom is 0.339 e. The molecule has 0 spiro atoms. The Bertz CT molecular complexity index is 992. The zero-order valence-electron chi connectivity index (χ0n) is 16.5. The Balaban J connectivity index is 1.75. The highest BCUT2D eigenvalue weighted by molar-refractivity contribution is 6.53. The second kappa shape index (κ2) is 8.73. The molecule has 1 aliphatic heterocycles. The number of hydrogen-bond acceptors (Lipinski definition) is 5. The molecule has 0 bridgehead atoms. The van der Waals surface area contributed by atoms with Gasteiger partial charge in [0, 0.05) is 13.6 Å². The molecule has 8 nitrogen and oxygen atoms in total. The first kappa shape index (κ1) is 21.0. The van der Waals surface area contributed by atoms with Gasteiger partial charge in [-0.2, -0.15) is 0 Å². The Morgan fingerprint density at radius 1 is 1.03 bits per heavy atom. The third-order valence-electron chi connectivity index (χ3n) is 4.51. The van der Waals surface area contributed by atoms with Gasteiger partial charge in [-0.1, -0.05) is 24.3 Å². The summed E-state index contributed by atoms with van der Waals surface area (Å²) in [5.41, 5.74) is 0.812. The van der Waals surface area contributed by atoms with E-state index >= 15 is 0 Å². The van der Waals surface area contributed by atoms with Crippen LogP contribution in [0.25, 0.3) is 0 Å². The molecule has 9 heteroatoms. The number of ether oxygens (including phenoxy) is 1. The van der Waals surface area contributed by atoms with Crippen molar-refractivity contribution in [3.8, 4) is 5.75 Å². The van der Waals surface area contributed by atoms with E-state index in [2.05, 4.69) is 0 Å². The summed E-state index contributed by atoms with van der Waals surface area (Å²) in [4.78, 5) is 52.8. The van der Waals surface area contributed by atoms with Crippen molar-refractivity contribution in [1.82, 2.24) is 9.80 Å². The predicted octanol–water partition coefficient (Wildman–Crippen LogP) is 2.18. The van der Waals surface area contributed by atoms with E-state index in [0.29, 0.717) is 22.0 Å². The summed E-state index contributed by atoms with van der Waals surface area (Å²) >= 11 is 0. The molecule has 0 aliphatic carbocycles. The van der Waals surface area contributed by atoms with Crippen LogP contribution in [0.15, 0.2) is 48.5 Å². The highest BCUT2D eigenvalue weighted by atomic mass is 19.1. The summed E-state index contributed by atoms with van der Waals surface area (Å²) in [6.07, 6.45) is 0. The molecule has 2 aromatic rings. The number of halogens is 1. The lowest BCUT2D eigenvalue weighted by Crippen LogP contribution is -2.42. The summed E-state index contributed by atoms with van der Waals surface area (Å²) in [5, 5.41) is 0. The number of benzene rings is 2. The number of anilines is 1. The quantitative estimate of drug-likeness (QED) is 0.513. The smallest absolute Gasteiger partial charge is 0.339 e. The van der Waals surface area contributed by atoms with Gasteiger partial charge < -0.3 is 9.64 Å². The van der Waals surface area contributed by atoms with Crippen LogP contribution in [0.2, 0.25) is 0 Å². The molecule has 1 aliphatic rings. The standard InChI is InChI=1S/C21H20FN3O5/c1-3-30-17-7-5-4-6-16(17)25-20(28)19(27)24(21(25)29)13-18(26)23(2)12-14-8-10-15(22)11-9-14/h4-11H,3,12-13H2,1-2H3. The Morgan fingerprint density at radius 2 is 1.70 bits per heavy atom. The lowest BCUT2D eigenvalue weighted by atomic mass is 10.2. The summed E-state index contributed by atoms with van der Waals surface area (Å²) < 4.78 is 18.5. The fourth-order valence-corrected chi connectivity index (χ4v) is 2.98. The highest BCUT2D eigenvalue weighted by Crippen LogP contribution is 2.31. The molecule has 2 aromatic carbocycles. The molecule has 0 aromatic heterocycles. The van der Waals surface area contributed by atoms with Gasteiger partial charge in [-0.05, 0) is 36.8 Å². The lowest BCUT2D eigenvalue weighted by Gasteiger charge is -2.21. The minimum Gasteiger partial charge on any atom is -0.492 e. The predicted molar refractivity (Wildman–Crippen MR) is 105 cm³/mol. The first-order valence-electron chi connectivity index (χ1n) is 9.23. The van der Waals surface area contributed by atoms with Crippen molar-refractivity contribution in [2.45, 2.75) is 13.5 Å². The topological polar surface area (TPSA) is 87.2 Å². The van der Waals surface area contributed by atoms with E-state index in [0.717, 1.165) is 0 Å². The van der Waals surface area contributed by atoms with Gasteiger partial charge in [-0.3, -0.25) is 14.4 Å². The lowest BCUT2D eigenvalue weighted by molar-refractivity contribution is -0.142. The molecule has 0 N–H and O–H groups in total. The molecule has 1 fully saturated rings. The van der Waals surface area contributed by atoms with Crippen molar-refractivity contribution in [2.24, 2.45) is 0 Å². The van der Waals surface area contributed by atoms with Gasteiger partial charge >= 0.3 is 17.8 Å². The minimum absolute atomic E-state index is 0.136. The zero-order chi connectivity index (χ0) is 21.8. The van der Waals surface area contributed by atoms with Gasteiger partial charge in [-0.25, -0.2) is 19.0 Å². The molecule has 156 valence electrons. The fraction of sp³-hybridized carbons (Fsp3) is 0.238. The third-order valence-corrected chi connectivity index (χ3v) is 4.51. The van der Waals surface area contributed by atoms with Gasteiger partial charge in [0.05, 0.1) is 12.3 Å². The van der Waals surface area contributed by atoms with Crippen LogP contribution in [0.1, 0.15) is 12.5 Å². The molecule has 0 atom stereocenters. The molecule has 1 saturated heterocycles. The van der Waals surface area contributed by atoms with Crippen LogP contribution in [0, 0.1) is 5.82 Å². The van der Waals surface area contributed by atoms with Crippen LogP contribution < -0.4 is 9.64 Å². The molecule has 5 amide bonds. The number of hydrogen-bond donors (Lipinski definition) is 0. The van der Waals surface area contributed by atoms with E-state index in [1.165, 1.54) is 42.3 Å². The molecular weight excluding hydrogens is 393 g/mol. The van der Waals surface area contributed by atoms with Crippen molar-refractivity contribution < 1.29 is 28.3 Å². The van der Waals surface area contributed by atoms with Crippen molar-refractivity contribution >= 4 is 29.4 Å². The summed E-state index contributed by atoms with van der Waals surface area (Å²) in [5.74, 6) is -2.81. The van der Waals surface area contributed by atoms with E-state index < -0.39 is 36.1 Å².